The molecule has 0 unspecified atom stereocenters. The third-order valence-corrected chi connectivity index (χ3v) is 3.42. The molecular formula is C14H11ClFN3O. The molecule has 0 aliphatic carbocycles. The standard InChI is InChI=1S/C14H11ClFN3O/c15-8-5-13(10(17)6-9(8)16)19-7-14(20)18-11-3-1-2-4-12(11)19/h1-6H,7,17H2,(H,18,20). The molecule has 1 aliphatic heterocycles. The van der Waals surface area contributed by atoms with E-state index in [4.69, 9.17) is 17.3 Å². The number of hydrogen-bond donors (Lipinski definition) is 2. The molecule has 6 heteroatoms. The van der Waals surface area contributed by atoms with Gasteiger partial charge >= 0.3 is 0 Å². The molecule has 0 spiro atoms. The number of fused-ring (bicyclic) bond motifs is 1. The van der Waals surface area contributed by atoms with Gasteiger partial charge in [-0.3, -0.25) is 4.79 Å². The first-order valence-corrected chi connectivity index (χ1v) is 6.35. The number of carbonyl (C=O) groups excluding carboxylic acids is 1. The number of para-hydroxylation sites is 2. The molecule has 2 aromatic rings. The highest BCUT2D eigenvalue weighted by Gasteiger charge is 2.24. The van der Waals surface area contributed by atoms with Gasteiger partial charge in [0, 0.05) is 6.07 Å². The number of anilines is 4. The molecule has 4 nitrogen and oxygen atoms in total. The quantitative estimate of drug-likeness (QED) is 0.794. The zero-order valence-electron chi connectivity index (χ0n) is 10.4. The fourth-order valence-corrected chi connectivity index (χ4v) is 2.39. The van der Waals surface area contributed by atoms with Crippen molar-refractivity contribution in [3.05, 3.63) is 47.2 Å². The van der Waals surface area contributed by atoms with E-state index in [1.54, 1.807) is 11.0 Å². The van der Waals surface area contributed by atoms with Crippen molar-refractivity contribution >= 4 is 40.3 Å². The van der Waals surface area contributed by atoms with Crippen LogP contribution in [0, 0.1) is 5.82 Å². The van der Waals surface area contributed by atoms with Crippen molar-refractivity contribution in [1.29, 1.82) is 0 Å². The number of hydrogen-bond acceptors (Lipinski definition) is 3. The monoisotopic (exact) mass is 291 g/mol. The van der Waals surface area contributed by atoms with Crippen LogP contribution in [0.5, 0.6) is 0 Å². The molecule has 1 amide bonds. The molecule has 20 heavy (non-hydrogen) atoms. The van der Waals surface area contributed by atoms with Gasteiger partial charge in [0.1, 0.15) is 12.4 Å². The Kier molecular flexibility index (Phi) is 2.99. The minimum absolute atomic E-state index is 0.0299. The molecule has 0 saturated carbocycles. The Morgan fingerprint density at radius 3 is 2.80 bits per heavy atom. The number of rotatable bonds is 1. The lowest BCUT2D eigenvalue weighted by atomic mass is 10.1. The molecular weight excluding hydrogens is 281 g/mol. The average molecular weight is 292 g/mol. The second kappa shape index (κ2) is 4.68. The second-order valence-electron chi connectivity index (χ2n) is 4.48. The smallest absolute Gasteiger partial charge is 0.244 e. The van der Waals surface area contributed by atoms with Gasteiger partial charge in [-0.15, -0.1) is 0 Å². The largest absolute Gasteiger partial charge is 0.397 e. The Morgan fingerprint density at radius 2 is 2.00 bits per heavy atom. The van der Waals surface area contributed by atoms with Crippen molar-refractivity contribution in [2.24, 2.45) is 0 Å². The van der Waals surface area contributed by atoms with Gasteiger partial charge in [0.25, 0.3) is 0 Å². The zero-order chi connectivity index (χ0) is 14.3. The third kappa shape index (κ3) is 2.06. The van der Waals surface area contributed by atoms with Crippen LogP contribution in [-0.4, -0.2) is 12.5 Å². The molecule has 3 N–H and O–H groups in total. The molecule has 1 aliphatic rings. The minimum atomic E-state index is -0.581. The number of benzene rings is 2. The van der Waals surface area contributed by atoms with Crippen molar-refractivity contribution in [1.82, 2.24) is 0 Å². The van der Waals surface area contributed by atoms with Gasteiger partial charge in [-0.2, -0.15) is 0 Å². The molecule has 0 bridgehead atoms. The van der Waals surface area contributed by atoms with E-state index in [9.17, 15) is 9.18 Å². The second-order valence-corrected chi connectivity index (χ2v) is 4.88. The van der Waals surface area contributed by atoms with Crippen molar-refractivity contribution in [3.63, 3.8) is 0 Å². The SMILES string of the molecule is Nc1cc(F)c(Cl)cc1N1CC(=O)Nc2ccccc21. The maximum atomic E-state index is 13.4. The molecule has 0 atom stereocenters. The number of nitrogens with one attached hydrogen (secondary N) is 1. The Morgan fingerprint density at radius 1 is 1.25 bits per heavy atom. The van der Waals surface area contributed by atoms with Gasteiger partial charge in [-0.05, 0) is 18.2 Å². The lowest BCUT2D eigenvalue weighted by molar-refractivity contribution is -0.115. The number of nitrogens with zero attached hydrogens (tertiary/aromatic N) is 1. The Balaban J connectivity index is 2.15. The van der Waals surface area contributed by atoms with Crippen molar-refractivity contribution in [2.45, 2.75) is 0 Å². The predicted molar refractivity (Wildman–Crippen MR) is 77.9 cm³/mol. The molecule has 0 radical (unpaired) electrons. The lowest BCUT2D eigenvalue weighted by Crippen LogP contribution is -2.35. The van der Waals surface area contributed by atoms with Crippen LogP contribution >= 0.6 is 11.6 Å². The molecule has 0 saturated heterocycles. The molecule has 3 rings (SSSR count). The maximum absolute atomic E-state index is 13.4. The molecule has 2 aromatic carbocycles. The van der Waals surface area contributed by atoms with Crippen LogP contribution < -0.4 is 16.0 Å². The first-order chi connectivity index (χ1) is 9.56. The van der Waals surface area contributed by atoms with Crippen LogP contribution in [0.4, 0.5) is 27.1 Å². The average Bonchev–Trinajstić information content (AvgIpc) is 2.42. The summed E-state index contributed by atoms with van der Waals surface area (Å²) in [5, 5.41) is 2.75. The summed E-state index contributed by atoms with van der Waals surface area (Å²) in [5.74, 6) is -0.744. The first-order valence-electron chi connectivity index (χ1n) is 5.97. The zero-order valence-corrected chi connectivity index (χ0v) is 11.1. The van der Waals surface area contributed by atoms with Crippen LogP contribution in [0.3, 0.4) is 0 Å². The van der Waals surface area contributed by atoms with Gasteiger partial charge in [0.05, 0.1) is 27.8 Å². The van der Waals surface area contributed by atoms with E-state index in [1.807, 2.05) is 18.2 Å². The number of nitrogens with two attached hydrogens (primary N) is 1. The van der Waals surface area contributed by atoms with Crippen LogP contribution in [0.1, 0.15) is 0 Å². The summed E-state index contributed by atoms with van der Waals surface area (Å²) in [4.78, 5) is 13.5. The summed E-state index contributed by atoms with van der Waals surface area (Å²) in [6, 6.07) is 9.91. The van der Waals surface area contributed by atoms with Crippen LogP contribution in [0.15, 0.2) is 36.4 Å². The van der Waals surface area contributed by atoms with E-state index in [2.05, 4.69) is 5.32 Å². The normalized spacial score (nSPS) is 13.9. The molecule has 0 aromatic heterocycles. The highest BCUT2D eigenvalue weighted by Crippen LogP contribution is 2.39. The van der Waals surface area contributed by atoms with Gasteiger partial charge in [0.2, 0.25) is 5.91 Å². The lowest BCUT2D eigenvalue weighted by Gasteiger charge is -2.31. The Hall–Kier alpha value is -2.27. The number of amides is 1. The van der Waals surface area contributed by atoms with E-state index >= 15 is 0 Å². The fourth-order valence-electron chi connectivity index (χ4n) is 2.23. The number of carbonyl (C=O) groups is 1. The van der Waals surface area contributed by atoms with Gasteiger partial charge < -0.3 is 16.0 Å². The highest BCUT2D eigenvalue weighted by atomic mass is 35.5. The van der Waals surface area contributed by atoms with Gasteiger partial charge in [-0.1, -0.05) is 23.7 Å². The third-order valence-electron chi connectivity index (χ3n) is 3.13. The van der Waals surface area contributed by atoms with E-state index in [1.165, 1.54) is 6.07 Å². The van der Waals surface area contributed by atoms with Crippen LogP contribution in [-0.2, 0) is 4.79 Å². The van der Waals surface area contributed by atoms with Crippen LogP contribution in [0.25, 0.3) is 0 Å². The van der Waals surface area contributed by atoms with Crippen LogP contribution in [0.2, 0.25) is 5.02 Å². The fraction of sp³-hybridized carbons (Fsp3) is 0.0714. The van der Waals surface area contributed by atoms with Crippen molar-refractivity contribution in [3.8, 4) is 0 Å². The number of nitrogen functional groups attached to an aromatic ring is 1. The Labute approximate surface area is 119 Å². The molecule has 102 valence electrons. The first kappa shape index (κ1) is 12.7. The minimum Gasteiger partial charge on any atom is -0.397 e. The van der Waals surface area contributed by atoms with E-state index in [-0.39, 0.29) is 23.2 Å². The topological polar surface area (TPSA) is 58.4 Å². The Bertz CT molecular complexity index is 705. The van der Waals surface area contributed by atoms with E-state index < -0.39 is 5.82 Å². The summed E-state index contributed by atoms with van der Waals surface area (Å²) in [6.45, 7) is 0.100. The van der Waals surface area contributed by atoms with E-state index in [0.717, 1.165) is 11.8 Å². The summed E-state index contributed by atoms with van der Waals surface area (Å²) < 4.78 is 13.4. The van der Waals surface area contributed by atoms with Gasteiger partial charge in [0.15, 0.2) is 0 Å². The van der Waals surface area contributed by atoms with Gasteiger partial charge in [-0.25, -0.2) is 4.39 Å². The summed E-state index contributed by atoms with van der Waals surface area (Å²) >= 11 is 5.81. The van der Waals surface area contributed by atoms with Crippen molar-refractivity contribution < 1.29 is 9.18 Å². The summed E-state index contributed by atoms with van der Waals surface area (Å²) in [6.07, 6.45) is 0. The summed E-state index contributed by atoms with van der Waals surface area (Å²) in [5.41, 5.74) is 8.07. The van der Waals surface area contributed by atoms with E-state index in [0.29, 0.717) is 11.4 Å². The maximum Gasteiger partial charge on any atom is 0.244 e. The summed E-state index contributed by atoms with van der Waals surface area (Å²) in [7, 11) is 0. The highest BCUT2D eigenvalue weighted by molar-refractivity contribution is 6.31. The molecule has 1 heterocycles. The number of halogens is 2. The predicted octanol–water partition coefficient (Wildman–Crippen LogP) is 3.15. The molecule has 0 fully saturated rings. The van der Waals surface area contributed by atoms with Crippen molar-refractivity contribution in [2.75, 3.05) is 22.5 Å².